The summed E-state index contributed by atoms with van der Waals surface area (Å²) in [7, 11) is 0. The molecular weight excluding hydrogens is 274 g/mol. The summed E-state index contributed by atoms with van der Waals surface area (Å²) in [5.41, 5.74) is 1.51. The van der Waals surface area contributed by atoms with Crippen LogP contribution >= 0.6 is 0 Å². The first-order valence-corrected chi connectivity index (χ1v) is 6.73. The van der Waals surface area contributed by atoms with Crippen molar-refractivity contribution in [2.24, 2.45) is 0 Å². The Morgan fingerprint density at radius 1 is 1.10 bits per heavy atom. The number of hydrogen-bond donors (Lipinski definition) is 2. The van der Waals surface area contributed by atoms with Gasteiger partial charge in [-0.05, 0) is 29.7 Å². The average Bonchev–Trinajstić information content (AvgIpc) is 2.50. The van der Waals surface area contributed by atoms with Crippen LogP contribution in [0.1, 0.15) is 17.2 Å². The van der Waals surface area contributed by atoms with E-state index in [2.05, 4.69) is 10.6 Å². The van der Waals surface area contributed by atoms with Crippen molar-refractivity contribution in [1.29, 1.82) is 0 Å². The normalized spacial score (nSPS) is 17.1. The van der Waals surface area contributed by atoms with Crippen molar-refractivity contribution < 1.29 is 13.6 Å². The molecule has 1 atom stereocenters. The topological polar surface area (TPSA) is 41.1 Å². The highest BCUT2D eigenvalue weighted by molar-refractivity contribution is 5.96. The molecule has 0 bridgehead atoms. The van der Waals surface area contributed by atoms with Gasteiger partial charge in [0, 0.05) is 6.54 Å². The van der Waals surface area contributed by atoms with Crippen LogP contribution in [0.2, 0.25) is 0 Å². The first kappa shape index (κ1) is 13.7. The number of nitrogens with one attached hydrogen (secondary N) is 2. The number of anilines is 1. The zero-order chi connectivity index (χ0) is 14.8. The van der Waals surface area contributed by atoms with Gasteiger partial charge in [-0.2, -0.15) is 0 Å². The van der Waals surface area contributed by atoms with Crippen molar-refractivity contribution in [3.8, 4) is 0 Å². The number of amides is 1. The first-order chi connectivity index (χ1) is 10.2. The fourth-order valence-corrected chi connectivity index (χ4v) is 2.55. The van der Waals surface area contributed by atoms with E-state index in [-0.39, 0.29) is 0 Å². The molecule has 0 aliphatic carbocycles. The Kier molecular flexibility index (Phi) is 3.66. The van der Waals surface area contributed by atoms with Gasteiger partial charge in [0.25, 0.3) is 0 Å². The molecule has 21 heavy (non-hydrogen) atoms. The molecule has 0 saturated carbocycles. The van der Waals surface area contributed by atoms with Gasteiger partial charge < -0.3 is 10.6 Å². The SMILES string of the molecule is O=C(Nc1c(F)cccc1F)C1NCCc2ccccc21. The van der Waals surface area contributed by atoms with Gasteiger partial charge in [-0.1, -0.05) is 30.3 Å². The lowest BCUT2D eigenvalue weighted by Crippen LogP contribution is -2.38. The summed E-state index contributed by atoms with van der Waals surface area (Å²) in [6.07, 6.45) is 0.827. The van der Waals surface area contributed by atoms with E-state index in [0.717, 1.165) is 29.7 Å². The van der Waals surface area contributed by atoms with Gasteiger partial charge in [0.1, 0.15) is 23.4 Å². The second-order valence-electron chi connectivity index (χ2n) is 4.92. The predicted molar refractivity (Wildman–Crippen MR) is 75.9 cm³/mol. The lowest BCUT2D eigenvalue weighted by molar-refractivity contribution is -0.118. The average molecular weight is 288 g/mol. The Morgan fingerprint density at radius 2 is 1.81 bits per heavy atom. The van der Waals surface area contributed by atoms with Crippen molar-refractivity contribution in [1.82, 2.24) is 5.32 Å². The largest absolute Gasteiger partial charge is 0.320 e. The second kappa shape index (κ2) is 5.61. The first-order valence-electron chi connectivity index (χ1n) is 6.73. The van der Waals surface area contributed by atoms with E-state index in [1.807, 2.05) is 24.3 Å². The van der Waals surface area contributed by atoms with Crippen molar-refractivity contribution in [3.05, 3.63) is 65.2 Å². The van der Waals surface area contributed by atoms with Gasteiger partial charge in [-0.25, -0.2) is 8.78 Å². The minimum Gasteiger partial charge on any atom is -0.320 e. The third-order valence-electron chi connectivity index (χ3n) is 3.58. The van der Waals surface area contributed by atoms with Crippen LogP contribution < -0.4 is 10.6 Å². The number of hydrogen-bond acceptors (Lipinski definition) is 2. The number of benzene rings is 2. The van der Waals surface area contributed by atoms with Gasteiger partial charge in [0.05, 0.1) is 0 Å². The molecule has 1 unspecified atom stereocenters. The molecule has 0 fully saturated rings. The van der Waals surface area contributed by atoms with E-state index in [9.17, 15) is 13.6 Å². The summed E-state index contributed by atoms with van der Waals surface area (Å²) in [4.78, 5) is 12.3. The highest BCUT2D eigenvalue weighted by atomic mass is 19.1. The van der Waals surface area contributed by atoms with Crippen LogP contribution in [0.15, 0.2) is 42.5 Å². The van der Waals surface area contributed by atoms with E-state index in [1.165, 1.54) is 6.07 Å². The van der Waals surface area contributed by atoms with E-state index in [1.54, 1.807) is 0 Å². The third kappa shape index (κ3) is 2.64. The van der Waals surface area contributed by atoms with Crippen molar-refractivity contribution in [2.75, 3.05) is 11.9 Å². The molecule has 0 spiro atoms. The summed E-state index contributed by atoms with van der Waals surface area (Å²) in [5, 5.41) is 5.41. The van der Waals surface area contributed by atoms with Gasteiger partial charge in [0.15, 0.2) is 0 Å². The quantitative estimate of drug-likeness (QED) is 0.892. The summed E-state index contributed by atoms with van der Waals surface area (Å²) in [5.74, 6) is -2.04. The molecule has 3 rings (SSSR count). The highest BCUT2D eigenvalue weighted by Gasteiger charge is 2.26. The third-order valence-corrected chi connectivity index (χ3v) is 3.58. The lowest BCUT2D eigenvalue weighted by Gasteiger charge is -2.26. The molecular formula is C16H14F2N2O. The summed E-state index contributed by atoms with van der Waals surface area (Å²) in [6, 6.07) is 10.4. The minimum atomic E-state index is -0.785. The van der Waals surface area contributed by atoms with Crippen LogP contribution in [0.25, 0.3) is 0 Å². The number of para-hydroxylation sites is 1. The Bertz CT molecular complexity index is 667. The van der Waals surface area contributed by atoms with Crippen molar-refractivity contribution >= 4 is 11.6 Å². The zero-order valence-electron chi connectivity index (χ0n) is 11.2. The predicted octanol–water partition coefficient (Wildman–Crippen LogP) is 2.79. The number of rotatable bonds is 2. The molecule has 108 valence electrons. The van der Waals surface area contributed by atoms with Gasteiger partial charge in [0.2, 0.25) is 5.91 Å². The smallest absolute Gasteiger partial charge is 0.246 e. The number of carbonyl (C=O) groups excluding carboxylic acids is 1. The maximum atomic E-state index is 13.6. The summed E-state index contributed by atoms with van der Waals surface area (Å²) >= 11 is 0. The molecule has 1 heterocycles. The van der Waals surface area contributed by atoms with Gasteiger partial charge in [-0.15, -0.1) is 0 Å². The lowest BCUT2D eigenvalue weighted by atomic mass is 9.94. The molecule has 1 aliphatic rings. The molecule has 1 aliphatic heterocycles. The van der Waals surface area contributed by atoms with E-state index in [4.69, 9.17) is 0 Å². The Morgan fingerprint density at radius 3 is 2.57 bits per heavy atom. The summed E-state index contributed by atoms with van der Waals surface area (Å²) < 4.78 is 27.2. The zero-order valence-corrected chi connectivity index (χ0v) is 11.2. The van der Waals surface area contributed by atoms with Crippen LogP contribution in [-0.2, 0) is 11.2 Å². The van der Waals surface area contributed by atoms with Crippen LogP contribution in [0, 0.1) is 11.6 Å². The molecule has 2 N–H and O–H groups in total. The molecule has 1 amide bonds. The molecule has 5 heteroatoms. The van der Waals surface area contributed by atoms with Crippen molar-refractivity contribution in [3.63, 3.8) is 0 Å². The number of halogens is 2. The minimum absolute atomic E-state index is 0.410. The molecule has 3 nitrogen and oxygen atoms in total. The maximum Gasteiger partial charge on any atom is 0.246 e. The van der Waals surface area contributed by atoms with Crippen LogP contribution in [0.3, 0.4) is 0 Å². The molecule has 0 saturated heterocycles. The number of carbonyl (C=O) groups is 1. The van der Waals surface area contributed by atoms with Crippen LogP contribution in [0.4, 0.5) is 14.5 Å². The van der Waals surface area contributed by atoms with Gasteiger partial charge in [-0.3, -0.25) is 4.79 Å². The fraction of sp³-hybridized carbons (Fsp3) is 0.188. The maximum absolute atomic E-state index is 13.6. The Hall–Kier alpha value is -2.27. The van der Waals surface area contributed by atoms with E-state index >= 15 is 0 Å². The van der Waals surface area contributed by atoms with Gasteiger partial charge >= 0.3 is 0 Å². The Labute approximate surface area is 121 Å². The van der Waals surface area contributed by atoms with Crippen LogP contribution in [-0.4, -0.2) is 12.5 Å². The molecule has 0 radical (unpaired) electrons. The number of fused-ring (bicyclic) bond motifs is 1. The highest BCUT2D eigenvalue weighted by Crippen LogP contribution is 2.25. The molecule has 2 aromatic carbocycles. The standard InChI is InChI=1S/C16H14F2N2O/c17-12-6-3-7-13(18)15(12)20-16(21)14-11-5-2-1-4-10(11)8-9-19-14/h1-7,14,19H,8-9H2,(H,20,21). The second-order valence-corrected chi connectivity index (χ2v) is 4.92. The fourth-order valence-electron chi connectivity index (χ4n) is 2.55. The van der Waals surface area contributed by atoms with Crippen molar-refractivity contribution in [2.45, 2.75) is 12.5 Å². The van der Waals surface area contributed by atoms with E-state index in [0.29, 0.717) is 6.54 Å². The molecule has 2 aromatic rings. The van der Waals surface area contributed by atoms with E-state index < -0.39 is 29.3 Å². The summed E-state index contributed by atoms with van der Waals surface area (Å²) in [6.45, 7) is 0.648. The monoisotopic (exact) mass is 288 g/mol. The Balaban J connectivity index is 1.87. The molecule has 0 aromatic heterocycles. The van der Waals surface area contributed by atoms with Crippen LogP contribution in [0.5, 0.6) is 0 Å².